The van der Waals surface area contributed by atoms with Gasteiger partial charge in [-0.25, -0.2) is 0 Å². The third kappa shape index (κ3) is 3.24. The molecule has 0 radical (unpaired) electrons. The van der Waals surface area contributed by atoms with E-state index in [2.05, 4.69) is 15.3 Å². The van der Waals surface area contributed by atoms with Gasteiger partial charge < -0.3 is 15.0 Å². The molecule has 0 bridgehead atoms. The summed E-state index contributed by atoms with van der Waals surface area (Å²) < 4.78 is 6.03. The van der Waals surface area contributed by atoms with Crippen molar-refractivity contribution in [2.45, 2.75) is 6.42 Å². The number of hydrogen-bond acceptors (Lipinski definition) is 4. The molecule has 2 N–H and O–H groups in total. The highest BCUT2D eigenvalue weighted by Gasteiger charge is 2.22. The van der Waals surface area contributed by atoms with Crippen molar-refractivity contribution >= 4 is 16.8 Å². The summed E-state index contributed by atoms with van der Waals surface area (Å²) in [5, 5.41) is 3.73. The quantitative estimate of drug-likeness (QED) is 0.765. The molecule has 0 aliphatic carbocycles. The first kappa shape index (κ1) is 15.4. The van der Waals surface area contributed by atoms with Gasteiger partial charge in [0.1, 0.15) is 5.75 Å². The first-order valence-corrected chi connectivity index (χ1v) is 8.16. The standard InChI is InChI=1S/C19H17N3O3/c23-18-6-12(10-22-18)11-25-17-8-14(13-3-5-21-19(24)9-13)7-16-15(17)2-1-4-20-16/h1-5,7-9,12H,6,10-11H2,(H,21,24)(H,22,23). The lowest BCUT2D eigenvalue weighted by Crippen LogP contribution is -2.16. The molecule has 3 heterocycles. The van der Waals surface area contributed by atoms with Gasteiger partial charge in [0.15, 0.2) is 0 Å². The molecular weight excluding hydrogens is 318 g/mol. The third-order valence-corrected chi connectivity index (χ3v) is 4.33. The topological polar surface area (TPSA) is 84.1 Å². The molecule has 1 atom stereocenters. The Bertz CT molecular complexity index is 996. The average Bonchev–Trinajstić information content (AvgIpc) is 3.05. The fraction of sp³-hybridized carbons (Fsp3) is 0.211. The van der Waals surface area contributed by atoms with E-state index in [9.17, 15) is 9.59 Å². The lowest BCUT2D eigenvalue weighted by molar-refractivity contribution is -0.119. The molecule has 6 nitrogen and oxygen atoms in total. The molecule has 1 aliphatic rings. The minimum absolute atomic E-state index is 0.0670. The maximum absolute atomic E-state index is 11.6. The first-order chi connectivity index (χ1) is 12.2. The Labute approximate surface area is 143 Å². The second-order valence-corrected chi connectivity index (χ2v) is 6.17. The summed E-state index contributed by atoms with van der Waals surface area (Å²) >= 11 is 0. The van der Waals surface area contributed by atoms with E-state index >= 15 is 0 Å². The first-order valence-electron chi connectivity index (χ1n) is 8.16. The highest BCUT2D eigenvalue weighted by atomic mass is 16.5. The SMILES string of the molecule is O=C1CC(COc2cc(-c3cc[nH]c(=O)c3)cc3ncccc23)CN1. The van der Waals surface area contributed by atoms with Crippen molar-refractivity contribution in [2.75, 3.05) is 13.2 Å². The van der Waals surface area contributed by atoms with Gasteiger partial charge in [-0.3, -0.25) is 14.6 Å². The van der Waals surface area contributed by atoms with Crippen LogP contribution in [-0.4, -0.2) is 29.0 Å². The molecule has 1 unspecified atom stereocenters. The van der Waals surface area contributed by atoms with Crippen molar-refractivity contribution in [1.29, 1.82) is 0 Å². The molecule has 126 valence electrons. The van der Waals surface area contributed by atoms with Gasteiger partial charge >= 0.3 is 0 Å². The van der Waals surface area contributed by atoms with E-state index in [0.717, 1.165) is 22.0 Å². The van der Waals surface area contributed by atoms with Crippen LogP contribution in [-0.2, 0) is 4.79 Å². The van der Waals surface area contributed by atoms with Gasteiger partial charge in [-0.15, -0.1) is 0 Å². The minimum Gasteiger partial charge on any atom is -0.492 e. The van der Waals surface area contributed by atoms with E-state index in [1.807, 2.05) is 30.3 Å². The smallest absolute Gasteiger partial charge is 0.248 e. The number of amides is 1. The molecule has 1 aliphatic heterocycles. The van der Waals surface area contributed by atoms with Crippen LogP contribution in [0, 0.1) is 5.92 Å². The van der Waals surface area contributed by atoms with E-state index in [-0.39, 0.29) is 17.4 Å². The molecule has 3 aromatic rings. The second kappa shape index (κ2) is 6.39. The Morgan fingerprint density at radius 1 is 1.16 bits per heavy atom. The van der Waals surface area contributed by atoms with Gasteiger partial charge in [0.25, 0.3) is 0 Å². The van der Waals surface area contributed by atoms with Crippen LogP contribution in [0.5, 0.6) is 5.75 Å². The normalized spacial score (nSPS) is 16.8. The van der Waals surface area contributed by atoms with E-state index < -0.39 is 0 Å². The van der Waals surface area contributed by atoms with Crippen molar-refractivity contribution in [1.82, 2.24) is 15.3 Å². The molecule has 1 amide bonds. The summed E-state index contributed by atoms with van der Waals surface area (Å²) in [6.45, 7) is 1.10. The number of aromatic amines is 1. The van der Waals surface area contributed by atoms with Crippen molar-refractivity contribution < 1.29 is 9.53 Å². The van der Waals surface area contributed by atoms with Gasteiger partial charge in [0.2, 0.25) is 11.5 Å². The number of H-pyrrole nitrogens is 1. The number of carbonyl (C=O) groups excluding carboxylic acids is 1. The molecule has 1 fully saturated rings. The molecule has 6 heteroatoms. The largest absolute Gasteiger partial charge is 0.492 e. The van der Waals surface area contributed by atoms with Crippen LogP contribution in [0.15, 0.2) is 53.6 Å². The molecule has 2 aromatic heterocycles. The number of carbonyl (C=O) groups is 1. The Hall–Kier alpha value is -3.15. The second-order valence-electron chi connectivity index (χ2n) is 6.17. The van der Waals surface area contributed by atoms with Crippen molar-refractivity contribution in [3.63, 3.8) is 0 Å². The van der Waals surface area contributed by atoms with E-state index in [1.165, 1.54) is 0 Å². The number of fused-ring (bicyclic) bond motifs is 1. The number of benzene rings is 1. The predicted molar refractivity (Wildman–Crippen MR) is 94.4 cm³/mol. The Morgan fingerprint density at radius 2 is 2.08 bits per heavy atom. The number of nitrogens with one attached hydrogen (secondary N) is 2. The lowest BCUT2D eigenvalue weighted by Gasteiger charge is -2.14. The molecule has 0 spiro atoms. The monoisotopic (exact) mass is 335 g/mol. The maximum Gasteiger partial charge on any atom is 0.248 e. The predicted octanol–water partition coefficient (Wildman–Crippen LogP) is 2.10. The van der Waals surface area contributed by atoms with Crippen LogP contribution in [0.2, 0.25) is 0 Å². The zero-order valence-corrected chi connectivity index (χ0v) is 13.5. The Morgan fingerprint density at radius 3 is 2.88 bits per heavy atom. The summed E-state index contributed by atoms with van der Waals surface area (Å²) in [4.78, 5) is 30.0. The zero-order valence-electron chi connectivity index (χ0n) is 13.5. The fourth-order valence-corrected chi connectivity index (χ4v) is 3.05. The van der Waals surface area contributed by atoms with Crippen LogP contribution in [0.3, 0.4) is 0 Å². The molecule has 4 rings (SSSR count). The lowest BCUT2D eigenvalue weighted by atomic mass is 10.0. The van der Waals surface area contributed by atoms with Crippen LogP contribution >= 0.6 is 0 Å². The van der Waals surface area contributed by atoms with Gasteiger partial charge in [-0.1, -0.05) is 0 Å². The van der Waals surface area contributed by atoms with Gasteiger partial charge in [-0.05, 0) is 41.5 Å². The molecule has 25 heavy (non-hydrogen) atoms. The van der Waals surface area contributed by atoms with Crippen molar-refractivity contribution in [3.8, 4) is 16.9 Å². The maximum atomic E-state index is 11.6. The van der Waals surface area contributed by atoms with Crippen molar-refractivity contribution in [3.05, 3.63) is 59.1 Å². The van der Waals surface area contributed by atoms with Gasteiger partial charge in [0.05, 0.1) is 12.1 Å². The summed E-state index contributed by atoms with van der Waals surface area (Å²) in [6, 6.07) is 11.1. The number of hydrogen-bond donors (Lipinski definition) is 2. The highest BCUT2D eigenvalue weighted by molar-refractivity contribution is 5.90. The van der Waals surface area contributed by atoms with Crippen LogP contribution < -0.4 is 15.6 Å². The number of ether oxygens (including phenoxy) is 1. The van der Waals surface area contributed by atoms with Crippen LogP contribution in [0.4, 0.5) is 0 Å². The number of pyridine rings is 2. The van der Waals surface area contributed by atoms with E-state index in [4.69, 9.17) is 4.74 Å². The molecular formula is C19H17N3O3. The van der Waals surface area contributed by atoms with E-state index in [1.54, 1.807) is 18.5 Å². The Balaban J connectivity index is 1.71. The van der Waals surface area contributed by atoms with Gasteiger partial charge in [0, 0.05) is 42.7 Å². The molecule has 1 saturated heterocycles. The summed E-state index contributed by atoms with van der Waals surface area (Å²) in [7, 11) is 0. The molecule has 0 saturated carbocycles. The van der Waals surface area contributed by atoms with Crippen LogP contribution in [0.1, 0.15) is 6.42 Å². The molecule has 1 aromatic carbocycles. The number of rotatable bonds is 4. The zero-order chi connectivity index (χ0) is 17.2. The minimum atomic E-state index is -0.156. The summed E-state index contributed by atoms with van der Waals surface area (Å²) in [5.74, 6) is 0.945. The average molecular weight is 335 g/mol. The summed E-state index contributed by atoms with van der Waals surface area (Å²) in [5.41, 5.74) is 2.32. The van der Waals surface area contributed by atoms with Gasteiger partial charge in [-0.2, -0.15) is 0 Å². The third-order valence-electron chi connectivity index (χ3n) is 4.33. The fourth-order valence-electron chi connectivity index (χ4n) is 3.05. The number of nitrogens with zero attached hydrogens (tertiary/aromatic N) is 1. The number of aromatic nitrogens is 2. The van der Waals surface area contributed by atoms with Crippen molar-refractivity contribution in [2.24, 2.45) is 5.92 Å². The Kier molecular flexibility index (Phi) is 3.93. The highest BCUT2D eigenvalue weighted by Crippen LogP contribution is 2.31. The van der Waals surface area contributed by atoms with Crippen LogP contribution in [0.25, 0.3) is 22.0 Å². The van der Waals surface area contributed by atoms with E-state index in [0.29, 0.717) is 25.3 Å². The summed E-state index contributed by atoms with van der Waals surface area (Å²) in [6.07, 6.45) is 3.84.